The molecular weight excluding hydrogens is 211 g/mol. The first kappa shape index (κ1) is 65.3. The summed E-state index contributed by atoms with van der Waals surface area (Å²) in [5, 5.41) is 0. The van der Waals surface area contributed by atoms with Gasteiger partial charge in [0.25, 0.3) is 0 Å². The maximum Gasteiger partial charge on any atom is 3.00 e. The van der Waals surface area contributed by atoms with Crippen LogP contribution in [0.25, 0.3) is 0 Å². The molecule has 0 aliphatic carbocycles. The third kappa shape index (κ3) is 24.6. The Hall–Kier alpha value is 1.93. The van der Waals surface area contributed by atoms with Crippen molar-refractivity contribution in [1.29, 1.82) is 0 Å². The van der Waals surface area contributed by atoms with Crippen LogP contribution in [0.1, 0.15) is 0 Å². The predicted molar refractivity (Wildman–Crippen MR) is 3.61 cm³/mol. The Labute approximate surface area is 74.7 Å². The smallest absolute Gasteiger partial charge is 1.00 e. The minimum absolute atomic E-state index is 0. The van der Waals surface area contributed by atoms with Crippen LogP contribution in [-0.4, -0.2) is 5.48 Å². The van der Waals surface area contributed by atoms with Crippen LogP contribution in [0, 0.1) is 0 Å². The molecule has 0 heterocycles. The Morgan fingerprint density at radius 3 is 0.600 bits per heavy atom. The summed E-state index contributed by atoms with van der Waals surface area (Å²) >= 11 is 0. The molecule has 0 spiro atoms. The van der Waals surface area contributed by atoms with Crippen molar-refractivity contribution in [3.8, 4) is 0 Å². The minimum Gasteiger partial charge on any atom is -1.00 e. The Bertz CT molecular complexity index is 6.85. The first-order valence-electron chi connectivity index (χ1n) is 0. The normalized spacial score (nSPS) is 0. The summed E-state index contributed by atoms with van der Waals surface area (Å²) in [5.74, 6) is 0. The van der Waals surface area contributed by atoms with Gasteiger partial charge in [0.15, 0.2) is 0 Å². The molecule has 5 heavy (non-hydrogen) atoms. The molecule has 0 aromatic carbocycles. The van der Waals surface area contributed by atoms with Crippen LogP contribution >= 0.6 is 0 Å². The first-order chi connectivity index (χ1) is 0. The zero-order valence-electron chi connectivity index (χ0n) is 2.21. The number of rotatable bonds is 0. The van der Waals surface area contributed by atoms with E-state index in [0.717, 1.165) is 0 Å². The molecule has 0 radical (unpaired) electrons. The molecule has 0 atom stereocenters. The van der Waals surface area contributed by atoms with E-state index in [0.29, 0.717) is 0 Å². The quantitative estimate of drug-likeness (QED) is 0.383. The van der Waals surface area contributed by atoms with Crippen molar-refractivity contribution in [2.75, 3.05) is 0 Å². The van der Waals surface area contributed by atoms with Gasteiger partial charge < -0.3 is 42.7 Å². The summed E-state index contributed by atoms with van der Waals surface area (Å²) in [6.45, 7) is 0. The summed E-state index contributed by atoms with van der Waals surface area (Å²) < 4.78 is 0. The second kappa shape index (κ2) is 38.6. The minimum atomic E-state index is 0. The second-order valence-electron chi connectivity index (χ2n) is 0. The summed E-state index contributed by atoms with van der Waals surface area (Å²) in [5.41, 5.74) is 0. The van der Waals surface area contributed by atoms with Crippen LogP contribution in [0.2, 0.25) is 0 Å². The van der Waals surface area contributed by atoms with Gasteiger partial charge in [0.1, 0.15) is 0 Å². The van der Waals surface area contributed by atoms with E-state index in [1.165, 1.54) is 0 Å². The largest absolute Gasteiger partial charge is 3.00 e. The van der Waals surface area contributed by atoms with Crippen LogP contribution in [-0.2, 0) is 32.7 Å². The van der Waals surface area contributed by atoms with Crippen molar-refractivity contribution in [2.24, 2.45) is 0 Å². The Morgan fingerprint density at radius 2 is 0.600 bits per heavy atom. The van der Waals surface area contributed by atoms with Crippen molar-refractivity contribution in [3.63, 3.8) is 0 Å². The molecule has 32 valence electrons. The monoisotopic (exact) mass is 212 g/mol. The SMILES string of the molecule is O.[Cl-].[Cl-].[Cl-].[Y+3]. The summed E-state index contributed by atoms with van der Waals surface area (Å²) in [6.07, 6.45) is 0. The fourth-order valence-corrected chi connectivity index (χ4v) is 0. The van der Waals surface area contributed by atoms with Gasteiger partial charge in [-0.1, -0.05) is 0 Å². The number of hydrogen-bond acceptors (Lipinski definition) is 0. The van der Waals surface area contributed by atoms with Gasteiger partial charge in [0.05, 0.1) is 0 Å². The van der Waals surface area contributed by atoms with Crippen LogP contribution < -0.4 is 37.2 Å². The van der Waals surface area contributed by atoms with Gasteiger partial charge in [0.2, 0.25) is 0 Å². The van der Waals surface area contributed by atoms with E-state index in [2.05, 4.69) is 0 Å². The second-order valence-corrected chi connectivity index (χ2v) is 0. The van der Waals surface area contributed by atoms with E-state index < -0.39 is 0 Å². The molecule has 0 aromatic heterocycles. The molecule has 0 amide bonds. The van der Waals surface area contributed by atoms with E-state index in [9.17, 15) is 0 Å². The van der Waals surface area contributed by atoms with E-state index in [1.54, 1.807) is 0 Å². The topological polar surface area (TPSA) is 31.5 Å². The van der Waals surface area contributed by atoms with E-state index in [1.807, 2.05) is 0 Å². The fraction of sp³-hybridized carbons (Fsp3) is 0. The maximum atomic E-state index is 0. The molecule has 0 fully saturated rings. The van der Waals surface area contributed by atoms with E-state index >= 15 is 0 Å². The van der Waals surface area contributed by atoms with Crippen LogP contribution in [0.15, 0.2) is 0 Å². The Kier molecular flexibility index (Phi) is 504. The average molecular weight is 213 g/mol. The zero-order valence-corrected chi connectivity index (χ0v) is 7.32. The van der Waals surface area contributed by atoms with Gasteiger partial charge in [0, 0.05) is 0 Å². The van der Waals surface area contributed by atoms with Gasteiger partial charge >= 0.3 is 32.7 Å². The predicted octanol–water partition coefficient (Wildman–Crippen LogP) is -9.82. The average Bonchev–Trinajstić information content (AvgIpc) is 0. The Balaban J connectivity index is 0. The van der Waals surface area contributed by atoms with E-state index in [-0.39, 0.29) is 75.4 Å². The molecule has 0 unspecified atom stereocenters. The van der Waals surface area contributed by atoms with Crippen LogP contribution in [0.3, 0.4) is 0 Å². The molecule has 5 heteroatoms. The van der Waals surface area contributed by atoms with Gasteiger partial charge in [-0.2, -0.15) is 0 Å². The van der Waals surface area contributed by atoms with Gasteiger partial charge in [-0.05, 0) is 0 Å². The summed E-state index contributed by atoms with van der Waals surface area (Å²) in [4.78, 5) is 0. The maximum absolute atomic E-state index is 0. The molecule has 0 bridgehead atoms. The zero-order chi connectivity index (χ0) is 0. The summed E-state index contributed by atoms with van der Waals surface area (Å²) in [6, 6.07) is 0. The van der Waals surface area contributed by atoms with Gasteiger partial charge in [-0.25, -0.2) is 0 Å². The van der Waals surface area contributed by atoms with Crippen molar-refractivity contribution in [1.82, 2.24) is 0 Å². The fourth-order valence-electron chi connectivity index (χ4n) is 0. The molecule has 0 aromatic rings. The third-order valence-electron chi connectivity index (χ3n) is 0. The van der Waals surface area contributed by atoms with Crippen molar-refractivity contribution < 1.29 is 75.4 Å². The van der Waals surface area contributed by atoms with Gasteiger partial charge in [-0.15, -0.1) is 0 Å². The Morgan fingerprint density at radius 1 is 0.600 bits per heavy atom. The van der Waals surface area contributed by atoms with Crippen molar-refractivity contribution in [3.05, 3.63) is 0 Å². The molecule has 2 N–H and O–H groups in total. The van der Waals surface area contributed by atoms with E-state index in [4.69, 9.17) is 0 Å². The molecule has 0 rings (SSSR count). The summed E-state index contributed by atoms with van der Waals surface area (Å²) in [7, 11) is 0. The molecular formula is H2Cl3OY. The van der Waals surface area contributed by atoms with Gasteiger partial charge in [-0.3, -0.25) is 0 Å². The number of hydrogen-bond donors (Lipinski definition) is 0. The van der Waals surface area contributed by atoms with Crippen LogP contribution in [0.4, 0.5) is 0 Å². The molecule has 0 aliphatic heterocycles. The third-order valence-corrected chi connectivity index (χ3v) is 0. The van der Waals surface area contributed by atoms with Crippen molar-refractivity contribution >= 4 is 0 Å². The molecule has 0 saturated carbocycles. The molecule has 0 aliphatic rings. The van der Waals surface area contributed by atoms with Crippen LogP contribution in [0.5, 0.6) is 0 Å². The number of halogens is 3. The first-order valence-corrected chi connectivity index (χ1v) is 0. The standard InChI is InChI=1S/3ClH.H2O.Y/h3*1H;1H2;/q;;;;+3/p-3. The van der Waals surface area contributed by atoms with Crippen molar-refractivity contribution in [2.45, 2.75) is 0 Å². The molecule has 0 saturated heterocycles. The molecule has 1 nitrogen and oxygen atoms in total.